The summed E-state index contributed by atoms with van der Waals surface area (Å²) in [6, 6.07) is 6.50. The third-order valence-corrected chi connectivity index (χ3v) is 4.96. The van der Waals surface area contributed by atoms with Gasteiger partial charge in [0.25, 0.3) is 0 Å². The van der Waals surface area contributed by atoms with Crippen LogP contribution in [0.2, 0.25) is 10.0 Å². The molecule has 0 spiro atoms. The van der Waals surface area contributed by atoms with Crippen LogP contribution in [0.15, 0.2) is 18.2 Å². The van der Waals surface area contributed by atoms with Gasteiger partial charge in [0.05, 0.1) is 0 Å². The highest BCUT2D eigenvalue weighted by Gasteiger charge is 2.34. The highest BCUT2D eigenvalue weighted by Crippen LogP contribution is 2.41. The fourth-order valence-corrected chi connectivity index (χ4v) is 3.87. The summed E-state index contributed by atoms with van der Waals surface area (Å²) in [5.41, 5.74) is 1.45. The lowest BCUT2D eigenvalue weighted by Gasteiger charge is -2.35. The quantitative estimate of drug-likeness (QED) is 0.715. The van der Waals surface area contributed by atoms with Crippen LogP contribution in [0.25, 0.3) is 0 Å². The van der Waals surface area contributed by atoms with Crippen molar-refractivity contribution in [2.75, 3.05) is 6.54 Å². The van der Waals surface area contributed by atoms with E-state index >= 15 is 0 Å². The largest absolute Gasteiger partial charge is 0.314 e. The molecule has 0 amide bonds. The highest BCUT2D eigenvalue weighted by molar-refractivity contribution is 6.35. The van der Waals surface area contributed by atoms with Crippen LogP contribution in [-0.2, 0) is 5.41 Å². The van der Waals surface area contributed by atoms with Gasteiger partial charge < -0.3 is 5.32 Å². The molecule has 1 aromatic rings. The number of hydrogen-bond acceptors (Lipinski definition) is 1. The standard InChI is InChI=1S/C17H25Cl2N/c1-13(2)20-12-17(9-5-3-4-6-10-17)15-8-7-14(18)11-16(15)19/h7-8,11,13,20H,3-6,9-10,12H2,1-2H3. The third kappa shape index (κ3) is 3.90. The van der Waals surface area contributed by atoms with Crippen molar-refractivity contribution >= 4 is 23.2 Å². The Morgan fingerprint density at radius 1 is 1.10 bits per heavy atom. The molecular formula is C17H25Cl2N. The molecule has 0 radical (unpaired) electrons. The van der Waals surface area contributed by atoms with E-state index in [0.29, 0.717) is 6.04 Å². The molecular weight excluding hydrogens is 289 g/mol. The normalized spacial score (nSPS) is 19.1. The number of halogens is 2. The van der Waals surface area contributed by atoms with Crippen LogP contribution >= 0.6 is 23.2 Å². The number of nitrogens with one attached hydrogen (secondary N) is 1. The molecule has 0 atom stereocenters. The summed E-state index contributed by atoms with van der Waals surface area (Å²) in [6.07, 6.45) is 7.70. The topological polar surface area (TPSA) is 12.0 Å². The summed E-state index contributed by atoms with van der Waals surface area (Å²) < 4.78 is 0. The zero-order chi connectivity index (χ0) is 14.6. The molecule has 1 saturated carbocycles. The molecule has 3 heteroatoms. The Labute approximate surface area is 133 Å². The minimum atomic E-state index is 0.169. The first kappa shape index (κ1) is 16.1. The van der Waals surface area contributed by atoms with Crippen molar-refractivity contribution in [3.05, 3.63) is 33.8 Å². The maximum atomic E-state index is 6.51. The molecule has 0 unspecified atom stereocenters. The van der Waals surface area contributed by atoms with Gasteiger partial charge in [0.15, 0.2) is 0 Å². The van der Waals surface area contributed by atoms with Gasteiger partial charge in [-0.05, 0) is 30.5 Å². The monoisotopic (exact) mass is 313 g/mol. The van der Waals surface area contributed by atoms with Gasteiger partial charge in [0, 0.05) is 28.0 Å². The zero-order valence-electron chi connectivity index (χ0n) is 12.5. The van der Waals surface area contributed by atoms with Crippen molar-refractivity contribution in [1.82, 2.24) is 5.32 Å². The molecule has 0 bridgehead atoms. The summed E-state index contributed by atoms with van der Waals surface area (Å²) >= 11 is 12.6. The van der Waals surface area contributed by atoms with E-state index < -0.39 is 0 Å². The Kier molecular flexibility index (Phi) is 5.77. The first-order valence-corrected chi connectivity index (χ1v) is 8.48. The van der Waals surface area contributed by atoms with Crippen LogP contribution in [0.5, 0.6) is 0 Å². The Balaban J connectivity index is 2.33. The van der Waals surface area contributed by atoms with Crippen LogP contribution in [0.1, 0.15) is 57.9 Å². The summed E-state index contributed by atoms with van der Waals surface area (Å²) in [4.78, 5) is 0. The van der Waals surface area contributed by atoms with E-state index in [0.717, 1.165) is 16.6 Å². The van der Waals surface area contributed by atoms with Gasteiger partial charge in [-0.2, -0.15) is 0 Å². The van der Waals surface area contributed by atoms with Crippen LogP contribution in [-0.4, -0.2) is 12.6 Å². The first-order chi connectivity index (χ1) is 9.53. The molecule has 0 aliphatic heterocycles. The molecule has 1 fully saturated rings. The van der Waals surface area contributed by atoms with E-state index in [4.69, 9.17) is 23.2 Å². The van der Waals surface area contributed by atoms with Crippen molar-refractivity contribution in [2.45, 2.75) is 63.8 Å². The van der Waals surface area contributed by atoms with E-state index in [9.17, 15) is 0 Å². The number of benzene rings is 1. The average molecular weight is 314 g/mol. The molecule has 112 valence electrons. The van der Waals surface area contributed by atoms with Crippen molar-refractivity contribution in [3.63, 3.8) is 0 Å². The van der Waals surface area contributed by atoms with Crippen molar-refractivity contribution < 1.29 is 0 Å². The molecule has 1 aromatic carbocycles. The second-order valence-electron chi connectivity index (χ2n) is 6.35. The molecule has 0 heterocycles. The zero-order valence-corrected chi connectivity index (χ0v) is 14.0. The Bertz CT molecular complexity index is 435. The molecule has 2 rings (SSSR count). The Morgan fingerprint density at radius 3 is 2.30 bits per heavy atom. The van der Waals surface area contributed by atoms with E-state index in [1.807, 2.05) is 12.1 Å². The average Bonchev–Trinajstić information content (AvgIpc) is 2.63. The van der Waals surface area contributed by atoms with Gasteiger partial charge in [-0.15, -0.1) is 0 Å². The minimum absolute atomic E-state index is 0.169. The van der Waals surface area contributed by atoms with Gasteiger partial charge in [-0.3, -0.25) is 0 Å². The van der Waals surface area contributed by atoms with Crippen molar-refractivity contribution in [3.8, 4) is 0 Å². The summed E-state index contributed by atoms with van der Waals surface area (Å²) in [5.74, 6) is 0. The molecule has 1 N–H and O–H groups in total. The number of rotatable bonds is 4. The maximum absolute atomic E-state index is 6.51. The predicted molar refractivity (Wildman–Crippen MR) is 89.0 cm³/mol. The van der Waals surface area contributed by atoms with E-state index in [1.165, 1.54) is 44.1 Å². The van der Waals surface area contributed by atoms with Gasteiger partial charge >= 0.3 is 0 Å². The lowest BCUT2D eigenvalue weighted by molar-refractivity contribution is 0.336. The molecule has 1 nitrogen and oxygen atoms in total. The van der Waals surface area contributed by atoms with Crippen molar-refractivity contribution in [2.24, 2.45) is 0 Å². The van der Waals surface area contributed by atoms with Gasteiger partial charge in [-0.1, -0.05) is 68.8 Å². The molecule has 1 aliphatic carbocycles. The summed E-state index contributed by atoms with van der Waals surface area (Å²) in [6.45, 7) is 5.41. The minimum Gasteiger partial charge on any atom is -0.314 e. The highest BCUT2D eigenvalue weighted by atomic mass is 35.5. The van der Waals surface area contributed by atoms with Crippen LogP contribution in [0.4, 0.5) is 0 Å². The Morgan fingerprint density at radius 2 is 1.75 bits per heavy atom. The fourth-order valence-electron chi connectivity index (χ4n) is 3.27. The smallest absolute Gasteiger partial charge is 0.0458 e. The SMILES string of the molecule is CC(C)NCC1(c2ccc(Cl)cc2Cl)CCCCCC1. The summed E-state index contributed by atoms with van der Waals surface area (Å²) in [5, 5.41) is 5.18. The summed E-state index contributed by atoms with van der Waals surface area (Å²) in [7, 11) is 0. The molecule has 20 heavy (non-hydrogen) atoms. The van der Waals surface area contributed by atoms with E-state index in [1.54, 1.807) is 0 Å². The van der Waals surface area contributed by atoms with Crippen LogP contribution in [0.3, 0.4) is 0 Å². The Hall–Kier alpha value is -0.240. The lowest BCUT2D eigenvalue weighted by atomic mass is 9.74. The van der Waals surface area contributed by atoms with E-state index in [-0.39, 0.29) is 5.41 Å². The number of hydrogen-bond donors (Lipinski definition) is 1. The molecule has 1 aliphatic rings. The van der Waals surface area contributed by atoms with Gasteiger partial charge in [-0.25, -0.2) is 0 Å². The molecule has 0 saturated heterocycles. The van der Waals surface area contributed by atoms with Gasteiger partial charge in [0.1, 0.15) is 0 Å². The predicted octanol–water partition coefficient (Wildman–Crippen LogP) is 5.58. The first-order valence-electron chi connectivity index (χ1n) is 7.72. The second-order valence-corrected chi connectivity index (χ2v) is 7.20. The van der Waals surface area contributed by atoms with Crippen molar-refractivity contribution in [1.29, 1.82) is 0 Å². The van der Waals surface area contributed by atoms with Gasteiger partial charge in [0.2, 0.25) is 0 Å². The van der Waals surface area contributed by atoms with Crippen LogP contribution < -0.4 is 5.32 Å². The molecule has 0 aromatic heterocycles. The maximum Gasteiger partial charge on any atom is 0.0458 e. The van der Waals surface area contributed by atoms with E-state index in [2.05, 4.69) is 25.2 Å². The third-order valence-electron chi connectivity index (χ3n) is 4.41. The van der Waals surface area contributed by atoms with Crippen LogP contribution in [0, 0.1) is 0 Å². The second kappa shape index (κ2) is 7.15. The fraction of sp³-hybridized carbons (Fsp3) is 0.647. The lowest BCUT2D eigenvalue weighted by Crippen LogP contribution is -2.41.